The van der Waals surface area contributed by atoms with Crippen molar-refractivity contribution >= 4 is 5.91 Å². The summed E-state index contributed by atoms with van der Waals surface area (Å²) < 4.78 is 11.0. The van der Waals surface area contributed by atoms with Crippen molar-refractivity contribution in [1.29, 1.82) is 0 Å². The summed E-state index contributed by atoms with van der Waals surface area (Å²) in [7, 11) is 1.61. The molecule has 1 aliphatic rings. The third kappa shape index (κ3) is 3.67. The molecular weight excluding hydrogens is 268 g/mol. The Hall–Kier alpha value is -1.75. The largest absolute Gasteiger partial charge is 0.493 e. The predicted octanol–water partition coefficient (Wildman–Crippen LogP) is 2.15. The zero-order valence-electron chi connectivity index (χ0n) is 13.1. The smallest absolute Gasteiger partial charge is 0.240 e. The maximum Gasteiger partial charge on any atom is 0.240 e. The highest BCUT2D eigenvalue weighted by atomic mass is 16.5. The quantitative estimate of drug-likeness (QED) is 0.842. The van der Waals surface area contributed by atoms with Gasteiger partial charge in [0.1, 0.15) is 0 Å². The number of carbonyl (C=O) groups is 1. The summed E-state index contributed by atoms with van der Waals surface area (Å²) in [4.78, 5) is 12.0. The molecule has 3 N–H and O–H groups in total. The minimum atomic E-state index is -0.654. The Morgan fingerprint density at radius 1 is 1.29 bits per heavy atom. The molecule has 1 saturated carbocycles. The van der Waals surface area contributed by atoms with E-state index in [9.17, 15) is 4.79 Å². The van der Waals surface area contributed by atoms with Gasteiger partial charge in [-0.3, -0.25) is 4.79 Å². The van der Waals surface area contributed by atoms with Gasteiger partial charge in [-0.25, -0.2) is 0 Å². The van der Waals surface area contributed by atoms with Gasteiger partial charge in [0.05, 0.1) is 24.8 Å². The molecule has 1 fully saturated rings. The molecule has 0 bridgehead atoms. The molecule has 1 amide bonds. The first kappa shape index (κ1) is 15.6. The summed E-state index contributed by atoms with van der Waals surface area (Å²) in [5, 5.41) is 2.95. The maximum absolute atomic E-state index is 12.0. The number of methoxy groups -OCH3 is 1. The number of amides is 1. The Labute approximate surface area is 125 Å². The molecule has 0 saturated heterocycles. The number of rotatable bonds is 6. The van der Waals surface area contributed by atoms with Crippen LogP contribution < -0.4 is 20.5 Å². The first-order valence-electron chi connectivity index (χ1n) is 7.30. The number of nitrogens with one attached hydrogen (secondary N) is 1. The molecule has 2 rings (SSSR count). The van der Waals surface area contributed by atoms with Gasteiger partial charge in [-0.1, -0.05) is 6.07 Å². The van der Waals surface area contributed by atoms with Crippen LogP contribution in [0.4, 0.5) is 0 Å². The average molecular weight is 292 g/mol. The third-order valence-electron chi connectivity index (χ3n) is 3.64. The summed E-state index contributed by atoms with van der Waals surface area (Å²) in [6.45, 7) is 5.86. The van der Waals surface area contributed by atoms with Gasteiger partial charge in [-0.15, -0.1) is 0 Å². The van der Waals surface area contributed by atoms with E-state index in [0.717, 1.165) is 18.4 Å². The van der Waals surface area contributed by atoms with Crippen molar-refractivity contribution in [1.82, 2.24) is 5.32 Å². The van der Waals surface area contributed by atoms with Crippen LogP contribution in [-0.2, 0) is 4.79 Å². The van der Waals surface area contributed by atoms with Crippen LogP contribution in [0.3, 0.4) is 0 Å². The van der Waals surface area contributed by atoms with E-state index in [4.69, 9.17) is 15.2 Å². The topological polar surface area (TPSA) is 73.6 Å². The Balaban J connectivity index is 2.10. The van der Waals surface area contributed by atoms with E-state index in [1.54, 1.807) is 7.11 Å². The van der Waals surface area contributed by atoms with Gasteiger partial charge in [0.25, 0.3) is 0 Å². The summed E-state index contributed by atoms with van der Waals surface area (Å²) in [6, 6.07) is 5.56. The predicted molar refractivity (Wildman–Crippen MR) is 81.5 cm³/mol. The van der Waals surface area contributed by atoms with Crippen LogP contribution in [0.5, 0.6) is 11.5 Å². The fourth-order valence-electron chi connectivity index (χ4n) is 2.09. The summed E-state index contributed by atoms with van der Waals surface area (Å²) >= 11 is 0. The minimum absolute atomic E-state index is 0.0776. The molecule has 0 heterocycles. The molecule has 1 aliphatic carbocycles. The number of benzene rings is 1. The zero-order valence-corrected chi connectivity index (χ0v) is 13.1. The van der Waals surface area contributed by atoms with Crippen molar-refractivity contribution in [2.45, 2.75) is 51.3 Å². The van der Waals surface area contributed by atoms with Gasteiger partial charge in [-0.05, 0) is 51.3 Å². The molecular formula is C16H24N2O3. The van der Waals surface area contributed by atoms with Crippen molar-refractivity contribution in [2.75, 3.05) is 7.11 Å². The molecule has 5 nitrogen and oxygen atoms in total. The monoisotopic (exact) mass is 292 g/mol. The lowest BCUT2D eigenvalue weighted by molar-refractivity contribution is -0.123. The average Bonchev–Trinajstić information content (AvgIpc) is 3.17. The second kappa shape index (κ2) is 5.93. The summed E-state index contributed by atoms with van der Waals surface area (Å²) in [5.41, 5.74) is 6.20. The lowest BCUT2D eigenvalue weighted by Gasteiger charge is -2.19. The molecule has 0 aromatic heterocycles. The normalized spacial score (nSPS) is 17.2. The number of nitrogens with two attached hydrogens (primary N) is 1. The minimum Gasteiger partial charge on any atom is -0.493 e. The van der Waals surface area contributed by atoms with E-state index in [2.05, 4.69) is 5.32 Å². The highest BCUT2D eigenvalue weighted by Crippen LogP contribution is 2.34. The summed E-state index contributed by atoms with van der Waals surface area (Å²) in [5.74, 6) is 1.28. The van der Waals surface area contributed by atoms with Crippen molar-refractivity contribution in [3.05, 3.63) is 23.8 Å². The molecule has 1 aromatic carbocycles. The Kier molecular flexibility index (Phi) is 4.42. The second-order valence-electron chi connectivity index (χ2n) is 5.93. The van der Waals surface area contributed by atoms with Crippen LogP contribution in [0.1, 0.15) is 45.2 Å². The molecule has 21 heavy (non-hydrogen) atoms. The van der Waals surface area contributed by atoms with Gasteiger partial charge in [-0.2, -0.15) is 0 Å². The first-order chi connectivity index (χ1) is 9.85. The number of carbonyl (C=O) groups excluding carboxylic acids is 1. The second-order valence-corrected chi connectivity index (χ2v) is 5.93. The van der Waals surface area contributed by atoms with Crippen LogP contribution in [0.2, 0.25) is 0 Å². The van der Waals surface area contributed by atoms with E-state index < -0.39 is 5.54 Å². The van der Waals surface area contributed by atoms with Gasteiger partial charge >= 0.3 is 0 Å². The summed E-state index contributed by atoms with van der Waals surface area (Å²) in [6.07, 6.45) is 1.60. The van der Waals surface area contributed by atoms with Crippen LogP contribution in [0, 0.1) is 0 Å². The molecule has 1 unspecified atom stereocenters. The number of ether oxygens (including phenoxy) is 2. The van der Waals surface area contributed by atoms with E-state index in [0.29, 0.717) is 11.5 Å². The fourth-order valence-corrected chi connectivity index (χ4v) is 2.09. The van der Waals surface area contributed by atoms with Crippen molar-refractivity contribution in [3.8, 4) is 11.5 Å². The van der Waals surface area contributed by atoms with Gasteiger partial charge in [0.15, 0.2) is 11.5 Å². The standard InChI is InChI=1S/C16H24N2O3/c1-10(2)21-13-6-5-12(9-14(13)20-4)11(3)18-15(19)16(17)7-8-16/h5-6,9-11H,7-8,17H2,1-4H3,(H,18,19). The van der Waals surface area contributed by atoms with E-state index >= 15 is 0 Å². The Morgan fingerprint density at radius 3 is 2.48 bits per heavy atom. The van der Waals surface area contributed by atoms with Crippen LogP contribution in [-0.4, -0.2) is 24.7 Å². The van der Waals surface area contributed by atoms with Gasteiger partial charge in [0, 0.05) is 0 Å². The van der Waals surface area contributed by atoms with E-state index in [1.165, 1.54) is 0 Å². The third-order valence-corrected chi connectivity index (χ3v) is 3.64. The Bertz CT molecular complexity index is 524. The molecule has 0 spiro atoms. The molecule has 5 heteroatoms. The van der Waals surface area contributed by atoms with Gasteiger partial charge in [0.2, 0.25) is 5.91 Å². The maximum atomic E-state index is 12.0. The van der Waals surface area contributed by atoms with Crippen LogP contribution in [0.15, 0.2) is 18.2 Å². The van der Waals surface area contributed by atoms with E-state index in [1.807, 2.05) is 39.0 Å². The molecule has 0 aliphatic heterocycles. The van der Waals surface area contributed by atoms with Crippen molar-refractivity contribution in [3.63, 3.8) is 0 Å². The molecule has 116 valence electrons. The van der Waals surface area contributed by atoms with Gasteiger partial charge < -0.3 is 20.5 Å². The number of hydrogen-bond acceptors (Lipinski definition) is 4. The van der Waals surface area contributed by atoms with Crippen LogP contribution in [0.25, 0.3) is 0 Å². The lowest BCUT2D eigenvalue weighted by atomic mass is 10.1. The highest BCUT2D eigenvalue weighted by molar-refractivity contribution is 5.89. The lowest BCUT2D eigenvalue weighted by Crippen LogP contribution is -2.43. The molecule has 1 aromatic rings. The molecule has 1 atom stereocenters. The Morgan fingerprint density at radius 2 is 1.95 bits per heavy atom. The molecule has 0 radical (unpaired) electrons. The SMILES string of the molecule is COc1cc(C(C)NC(=O)C2(N)CC2)ccc1OC(C)C. The highest BCUT2D eigenvalue weighted by Gasteiger charge is 2.46. The van der Waals surface area contributed by atoms with Crippen molar-refractivity contribution in [2.24, 2.45) is 5.73 Å². The van der Waals surface area contributed by atoms with Crippen molar-refractivity contribution < 1.29 is 14.3 Å². The number of hydrogen-bond donors (Lipinski definition) is 2. The van der Waals surface area contributed by atoms with Crippen LogP contribution >= 0.6 is 0 Å². The van der Waals surface area contributed by atoms with E-state index in [-0.39, 0.29) is 18.1 Å². The zero-order chi connectivity index (χ0) is 15.6. The first-order valence-corrected chi connectivity index (χ1v) is 7.30. The fraction of sp³-hybridized carbons (Fsp3) is 0.562.